The lowest BCUT2D eigenvalue weighted by molar-refractivity contribution is -0.140. The molecule has 18 heavy (non-hydrogen) atoms. The van der Waals surface area contributed by atoms with Crippen molar-refractivity contribution in [1.82, 2.24) is 10.2 Å². The molecule has 0 aromatic carbocycles. The van der Waals surface area contributed by atoms with Gasteiger partial charge in [-0.2, -0.15) is 0 Å². The highest BCUT2D eigenvalue weighted by Crippen LogP contribution is 2.14. The van der Waals surface area contributed by atoms with Crippen molar-refractivity contribution in [3.05, 3.63) is 0 Å². The maximum Gasteiger partial charge on any atom is 0.326 e. The van der Waals surface area contributed by atoms with Crippen LogP contribution in [0.3, 0.4) is 0 Å². The average Bonchev–Trinajstić information content (AvgIpc) is 2.75. The van der Waals surface area contributed by atoms with Crippen LogP contribution in [0.4, 0.5) is 4.79 Å². The first kappa shape index (κ1) is 14.2. The number of carboxylic acids is 1. The Bertz CT molecular complexity index is 347. The number of carboxylic acid groups (broad SMARTS) is 1. The number of aliphatic carboxylic acids is 1. The van der Waals surface area contributed by atoms with Gasteiger partial charge >= 0.3 is 12.0 Å². The third-order valence-electron chi connectivity index (χ3n) is 2.91. The number of hydrogen-bond acceptors (Lipinski definition) is 4. The summed E-state index contributed by atoms with van der Waals surface area (Å²) in [6, 6.07) is -1.79. The van der Waals surface area contributed by atoms with Crippen molar-refractivity contribution in [3.63, 3.8) is 0 Å². The number of hydrogen-bond donors (Lipinski definition) is 4. The number of primary amides is 1. The molecule has 1 aliphatic rings. The van der Waals surface area contributed by atoms with E-state index in [0.29, 0.717) is 19.6 Å². The quantitative estimate of drug-likeness (QED) is 0.465. The number of nitrogens with zero attached hydrogens (tertiary/aromatic N) is 1. The van der Waals surface area contributed by atoms with Gasteiger partial charge in [0.15, 0.2) is 0 Å². The van der Waals surface area contributed by atoms with E-state index in [2.05, 4.69) is 5.32 Å². The Kier molecular flexibility index (Phi) is 4.90. The molecule has 0 saturated carbocycles. The van der Waals surface area contributed by atoms with Gasteiger partial charge in [-0.05, 0) is 18.9 Å². The van der Waals surface area contributed by atoms with E-state index in [1.54, 1.807) is 0 Å². The van der Waals surface area contributed by atoms with Gasteiger partial charge in [0.2, 0.25) is 5.91 Å². The van der Waals surface area contributed by atoms with Gasteiger partial charge in [-0.3, -0.25) is 4.79 Å². The summed E-state index contributed by atoms with van der Waals surface area (Å²) in [5.74, 6) is -1.81. The maximum atomic E-state index is 11.8. The largest absolute Gasteiger partial charge is 0.480 e. The third kappa shape index (κ3) is 3.88. The molecule has 0 aliphatic carbocycles. The second-order valence-electron chi connectivity index (χ2n) is 4.35. The predicted molar refractivity (Wildman–Crippen MR) is 62.5 cm³/mol. The molecule has 1 unspecified atom stereocenters. The van der Waals surface area contributed by atoms with Crippen LogP contribution in [0.1, 0.15) is 12.8 Å². The van der Waals surface area contributed by atoms with Gasteiger partial charge in [-0.25, -0.2) is 9.59 Å². The first-order chi connectivity index (χ1) is 8.43. The molecule has 0 spiro atoms. The molecule has 6 N–H and O–H groups in total. The highest BCUT2D eigenvalue weighted by Gasteiger charge is 2.29. The van der Waals surface area contributed by atoms with Crippen molar-refractivity contribution in [2.24, 2.45) is 17.4 Å². The number of likely N-dealkylation sites (tertiary alicyclic amines) is 1. The Morgan fingerprint density at radius 1 is 1.44 bits per heavy atom. The van der Waals surface area contributed by atoms with Crippen LogP contribution in [0.25, 0.3) is 0 Å². The van der Waals surface area contributed by atoms with Crippen LogP contribution in [-0.4, -0.2) is 53.6 Å². The molecule has 1 fully saturated rings. The van der Waals surface area contributed by atoms with E-state index >= 15 is 0 Å². The average molecular weight is 258 g/mol. The molecule has 8 nitrogen and oxygen atoms in total. The molecule has 1 saturated heterocycles. The number of carbonyl (C=O) groups excluding carboxylic acids is 2. The van der Waals surface area contributed by atoms with Crippen LogP contribution < -0.4 is 16.8 Å². The number of rotatable bonds is 5. The normalized spacial score (nSPS) is 20.5. The standard InChI is InChI=1S/C10H18N4O4/c11-4-6-1-2-14(5-6)10(18)13-7(9(16)17)3-8(12)15/h6-7H,1-5,11H2,(H2,12,15)(H,13,18)(H,16,17)/t6?,7-/m0/s1. The summed E-state index contributed by atoms with van der Waals surface area (Å²) in [6.07, 6.45) is 0.382. The number of carbonyl (C=O) groups is 3. The molecule has 0 bridgehead atoms. The fraction of sp³-hybridized carbons (Fsp3) is 0.700. The van der Waals surface area contributed by atoms with Gasteiger partial charge in [0, 0.05) is 13.1 Å². The molecule has 1 heterocycles. The van der Waals surface area contributed by atoms with Crippen LogP contribution in [0.5, 0.6) is 0 Å². The monoisotopic (exact) mass is 258 g/mol. The molecule has 2 atom stereocenters. The van der Waals surface area contributed by atoms with Crippen LogP contribution in [0.15, 0.2) is 0 Å². The second-order valence-corrected chi connectivity index (χ2v) is 4.35. The van der Waals surface area contributed by atoms with Gasteiger partial charge < -0.3 is 26.8 Å². The van der Waals surface area contributed by atoms with Gasteiger partial charge in [-0.15, -0.1) is 0 Å². The Hall–Kier alpha value is -1.83. The third-order valence-corrected chi connectivity index (χ3v) is 2.91. The molecule has 3 amide bonds. The molecule has 0 radical (unpaired) electrons. The number of urea groups is 1. The fourth-order valence-electron chi connectivity index (χ4n) is 1.85. The first-order valence-corrected chi connectivity index (χ1v) is 5.70. The second kappa shape index (κ2) is 6.20. The lowest BCUT2D eigenvalue weighted by Gasteiger charge is -2.20. The maximum absolute atomic E-state index is 11.8. The summed E-state index contributed by atoms with van der Waals surface area (Å²) in [5, 5.41) is 11.1. The van der Waals surface area contributed by atoms with Crippen molar-refractivity contribution in [1.29, 1.82) is 0 Å². The van der Waals surface area contributed by atoms with Crippen molar-refractivity contribution in [2.75, 3.05) is 19.6 Å². The van der Waals surface area contributed by atoms with Crippen molar-refractivity contribution < 1.29 is 19.5 Å². The summed E-state index contributed by atoms with van der Waals surface area (Å²) in [7, 11) is 0. The van der Waals surface area contributed by atoms with Crippen LogP contribution >= 0.6 is 0 Å². The molecule has 1 aliphatic heterocycles. The van der Waals surface area contributed by atoms with E-state index in [-0.39, 0.29) is 5.92 Å². The zero-order valence-corrected chi connectivity index (χ0v) is 9.96. The van der Waals surface area contributed by atoms with E-state index in [1.807, 2.05) is 0 Å². The Balaban J connectivity index is 2.51. The summed E-state index contributed by atoms with van der Waals surface area (Å²) < 4.78 is 0. The Labute approximate surface area is 104 Å². The minimum Gasteiger partial charge on any atom is -0.480 e. The van der Waals surface area contributed by atoms with Gasteiger partial charge in [0.1, 0.15) is 6.04 Å². The van der Waals surface area contributed by atoms with Gasteiger partial charge in [0.25, 0.3) is 0 Å². The number of nitrogens with two attached hydrogens (primary N) is 2. The van der Waals surface area contributed by atoms with Crippen LogP contribution in [0.2, 0.25) is 0 Å². The molecule has 1 rings (SSSR count). The van der Waals surface area contributed by atoms with Crippen molar-refractivity contribution in [3.8, 4) is 0 Å². The molecular weight excluding hydrogens is 240 g/mol. The molecule has 0 aromatic heterocycles. The highest BCUT2D eigenvalue weighted by atomic mass is 16.4. The van der Waals surface area contributed by atoms with Gasteiger partial charge in [-0.1, -0.05) is 0 Å². The highest BCUT2D eigenvalue weighted by molar-refractivity contribution is 5.87. The van der Waals surface area contributed by atoms with Gasteiger partial charge in [0.05, 0.1) is 6.42 Å². The zero-order chi connectivity index (χ0) is 13.7. The number of amides is 3. The van der Waals surface area contributed by atoms with E-state index in [1.165, 1.54) is 4.90 Å². The summed E-state index contributed by atoms with van der Waals surface area (Å²) in [4.78, 5) is 34.8. The van der Waals surface area contributed by atoms with Crippen molar-refractivity contribution in [2.45, 2.75) is 18.9 Å². The lowest BCUT2D eigenvalue weighted by atomic mass is 10.1. The summed E-state index contributed by atoms with van der Waals surface area (Å²) in [5.41, 5.74) is 10.4. The van der Waals surface area contributed by atoms with Crippen molar-refractivity contribution >= 4 is 17.9 Å². The molecule has 102 valence electrons. The first-order valence-electron chi connectivity index (χ1n) is 5.70. The van der Waals surface area contributed by atoms with E-state index in [0.717, 1.165) is 6.42 Å². The smallest absolute Gasteiger partial charge is 0.326 e. The molecule has 0 aromatic rings. The zero-order valence-electron chi connectivity index (χ0n) is 9.96. The van der Waals surface area contributed by atoms with E-state index in [9.17, 15) is 14.4 Å². The predicted octanol–water partition coefficient (Wildman–Crippen LogP) is -1.69. The topological polar surface area (TPSA) is 139 Å². The SMILES string of the molecule is NCC1CCN(C(=O)N[C@@H](CC(N)=O)C(=O)O)C1. The minimum absolute atomic E-state index is 0.246. The Morgan fingerprint density at radius 2 is 2.11 bits per heavy atom. The number of nitrogens with one attached hydrogen (secondary N) is 1. The summed E-state index contributed by atoms with van der Waals surface area (Å²) in [6.45, 7) is 1.54. The molecular formula is C10H18N4O4. The Morgan fingerprint density at radius 3 is 2.56 bits per heavy atom. The van der Waals surface area contributed by atoms with E-state index in [4.69, 9.17) is 16.6 Å². The fourth-order valence-corrected chi connectivity index (χ4v) is 1.85. The van der Waals surface area contributed by atoms with Crippen LogP contribution in [-0.2, 0) is 9.59 Å². The summed E-state index contributed by atoms with van der Waals surface area (Å²) >= 11 is 0. The molecule has 8 heteroatoms. The lowest BCUT2D eigenvalue weighted by Crippen LogP contribution is -2.48. The van der Waals surface area contributed by atoms with E-state index < -0.39 is 30.4 Å². The van der Waals surface area contributed by atoms with Crippen LogP contribution in [0, 0.1) is 5.92 Å². The minimum atomic E-state index is -1.29.